The van der Waals surface area contributed by atoms with Crippen LogP contribution in [0.2, 0.25) is 5.02 Å². The van der Waals surface area contributed by atoms with Gasteiger partial charge in [0.1, 0.15) is 5.70 Å². The molecule has 1 aliphatic heterocycles. The number of carbonyl (C=O) groups excluding carboxylic acids is 2. The minimum Gasteiger partial charge on any atom is -0.350 e. The lowest BCUT2D eigenvalue weighted by atomic mass is 10.1. The van der Waals surface area contributed by atoms with E-state index in [2.05, 4.69) is 10.7 Å². The second-order valence-corrected chi connectivity index (χ2v) is 6.07. The number of rotatable bonds is 5. The molecule has 3 rings (SSSR count). The second kappa shape index (κ2) is 7.85. The van der Waals surface area contributed by atoms with E-state index in [0.717, 1.165) is 12.0 Å². The molecule has 0 saturated heterocycles. The summed E-state index contributed by atoms with van der Waals surface area (Å²) in [6, 6.07) is 16.8. The van der Waals surface area contributed by atoms with Crippen LogP contribution in [0.15, 0.2) is 66.4 Å². The van der Waals surface area contributed by atoms with E-state index >= 15 is 0 Å². The highest BCUT2D eigenvalue weighted by Gasteiger charge is 2.23. The van der Waals surface area contributed by atoms with Crippen LogP contribution in [0.4, 0.5) is 5.69 Å². The number of nitrogens with zero attached hydrogens (tertiary/aromatic N) is 1. The van der Waals surface area contributed by atoms with E-state index in [9.17, 15) is 9.59 Å². The van der Waals surface area contributed by atoms with Crippen LogP contribution in [-0.2, 0) is 16.0 Å². The van der Waals surface area contributed by atoms with Crippen LogP contribution < -0.4 is 15.8 Å². The number of hydrazine groups is 1. The van der Waals surface area contributed by atoms with E-state index < -0.39 is 0 Å². The predicted molar refractivity (Wildman–Crippen MR) is 97.9 cm³/mol. The Labute approximate surface area is 151 Å². The number of carbonyl (C=O) groups is 2. The van der Waals surface area contributed by atoms with Gasteiger partial charge in [-0.2, -0.15) is 0 Å². The standard InChI is InChI=1S/C19H18ClN3O2/c20-15-6-8-16(9-7-15)23-18(24)11-10-17(22-23)19(25)21-13-12-14-4-2-1-3-5-14/h1-10,22H,11-13H2,(H,21,25). The van der Waals surface area contributed by atoms with Crippen LogP contribution in [0.25, 0.3) is 0 Å². The van der Waals surface area contributed by atoms with Crippen molar-refractivity contribution in [2.45, 2.75) is 12.8 Å². The zero-order valence-electron chi connectivity index (χ0n) is 13.5. The van der Waals surface area contributed by atoms with Crippen molar-refractivity contribution in [2.75, 3.05) is 11.6 Å². The third kappa shape index (κ3) is 4.39. The smallest absolute Gasteiger partial charge is 0.268 e. The molecule has 1 aliphatic rings. The zero-order chi connectivity index (χ0) is 17.6. The van der Waals surface area contributed by atoms with E-state index in [0.29, 0.717) is 23.0 Å². The van der Waals surface area contributed by atoms with Gasteiger partial charge in [-0.05, 0) is 42.3 Å². The van der Waals surface area contributed by atoms with Crippen LogP contribution >= 0.6 is 11.6 Å². The maximum atomic E-state index is 12.3. The molecule has 0 spiro atoms. The first-order valence-corrected chi connectivity index (χ1v) is 8.39. The van der Waals surface area contributed by atoms with Crippen molar-refractivity contribution in [3.8, 4) is 0 Å². The molecule has 6 heteroatoms. The molecule has 0 fully saturated rings. The van der Waals surface area contributed by atoms with Gasteiger partial charge in [0, 0.05) is 18.0 Å². The summed E-state index contributed by atoms with van der Waals surface area (Å²) in [6.45, 7) is 0.525. The van der Waals surface area contributed by atoms with Crippen molar-refractivity contribution >= 4 is 29.1 Å². The van der Waals surface area contributed by atoms with E-state index in [1.54, 1.807) is 30.3 Å². The van der Waals surface area contributed by atoms with Crippen LogP contribution in [0.3, 0.4) is 0 Å². The monoisotopic (exact) mass is 355 g/mol. The molecule has 128 valence electrons. The summed E-state index contributed by atoms with van der Waals surface area (Å²) in [4.78, 5) is 24.4. The molecule has 25 heavy (non-hydrogen) atoms. The van der Waals surface area contributed by atoms with E-state index in [1.165, 1.54) is 5.01 Å². The molecule has 2 N–H and O–H groups in total. The number of hydrogen-bond donors (Lipinski definition) is 2. The third-order valence-corrected chi connectivity index (χ3v) is 4.09. The first-order valence-electron chi connectivity index (χ1n) is 8.01. The summed E-state index contributed by atoms with van der Waals surface area (Å²) in [6.07, 6.45) is 2.52. The van der Waals surface area contributed by atoms with Crippen molar-refractivity contribution in [3.63, 3.8) is 0 Å². The first-order chi connectivity index (χ1) is 12.1. The quantitative estimate of drug-likeness (QED) is 0.867. The maximum Gasteiger partial charge on any atom is 0.268 e. The van der Waals surface area contributed by atoms with Gasteiger partial charge in [-0.25, -0.2) is 5.01 Å². The lowest BCUT2D eigenvalue weighted by Gasteiger charge is -2.28. The number of hydrogen-bond acceptors (Lipinski definition) is 3. The minimum atomic E-state index is -0.234. The van der Waals surface area contributed by atoms with E-state index in [4.69, 9.17) is 11.6 Å². The average Bonchev–Trinajstić information content (AvgIpc) is 2.64. The summed E-state index contributed by atoms with van der Waals surface area (Å²) in [5.41, 5.74) is 5.04. The highest BCUT2D eigenvalue weighted by molar-refractivity contribution is 6.30. The Morgan fingerprint density at radius 3 is 2.56 bits per heavy atom. The molecular weight excluding hydrogens is 338 g/mol. The van der Waals surface area contributed by atoms with Gasteiger partial charge < -0.3 is 5.32 Å². The Morgan fingerprint density at radius 1 is 1.12 bits per heavy atom. The largest absolute Gasteiger partial charge is 0.350 e. The Bertz CT molecular complexity index is 788. The van der Waals surface area contributed by atoms with Gasteiger partial charge in [0.25, 0.3) is 5.91 Å². The summed E-state index contributed by atoms with van der Waals surface area (Å²) in [7, 11) is 0. The number of anilines is 1. The van der Waals surface area contributed by atoms with Crippen LogP contribution in [0.1, 0.15) is 12.0 Å². The molecule has 0 bridgehead atoms. The molecule has 0 unspecified atom stereocenters. The minimum absolute atomic E-state index is 0.136. The van der Waals surface area contributed by atoms with Crippen molar-refractivity contribution in [1.29, 1.82) is 0 Å². The molecule has 1 heterocycles. The lowest BCUT2D eigenvalue weighted by molar-refractivity contribution is -0.120. The van der Waals surface area contributed by atoms with Gasteiger partial charge in [0.05, 0.1) is 5.69 Å². The summed E-state index contributed by atoms with van der Waals surface area (Å²) in [5, 5.41) is 4.82. The molecule has 0 atom stereocenters. The molecule has 0 aromatic heterocycles. The molecule has 5 nitrogen and oxygen atoms in total. The fraction of sp³-hybridized carbons (Fsp3) is 0.158. The summed E-state index contributed by atoms with van der Waals surface area (Å²) in [5.74, 6) is -0.370. The van der Waals surface area contributed by atoms with Gasteiger partial charge >= 0.3 is 0 Å². The van der Waals surface area contributed by atoms with Gasteiger partial charge in [-0.3, -0.25) is 15.0 Å². The van der Waals surface area contributed by atoms with Gasteiger partial charge in [-0.15, -0.1) is 0 Å². The SMILES string of the molecule is O=C(NCCc1ccccc1)C1=CCC(=O)N(c2ccc(Cl)cc2)N1. The van der Waals surface area contributed by atoms with E-state index in [-0.39, 0.29) is 18.2 Å². The molecule has 2 amide bonds. The summed E-state index contributed by atoms with van der Waals surface area (Å²) >= 11 is 5.87. The Hall–Kier alpha value is -2.79. The average molecular weight is 356 g/mol. The van der Waals surface area contributed by atoms with Crippen molar-refractivity contribution in [2.24, 2.45) is 0 Å². The molecule has 2 aromatic carbocycles. The van der Waals surface area contributed by atoms with Gasteiger partial charge in [0.15, 0.2) is 0 Å². The number of amides is 2. The van der Waals surface area contributed by atoms with Gasteiger partial charge in [0.2, 0.25) is 5.91 Å². The predicted octanol–water partition coefficient (Wildman–Crippen LogP) is 2.82. The maximum absolute atomic E-state index is 12.3. The first kappa shape index (κ1) is 17.0. The lowest BCUT2D eigenvalue weighted by Crippen LogP contribution is -2.49. The second-order valence-electron chi connectivity index (χ2n) is 5.63. The molecule has 0 saturated carbocycles. The third-order valence-electron chi connectivity index (χ3n) is 3.83. The number of nitrogens with one attached hydrogen (secondary N) is 2. The Balaban J connectivity index is 1.59. The molecule has 2 aromatic rings. The molecule has 0 aliphatic carbocycles. The van der Waals surface area contributed by atoms with Crippen LogP contribution in [-0.4, -0.2) is 18.4 Å². The van der Waals surface area contributed by atoms with Crippen LogP contribution in [0.5, 0.6) is 0 Å². The Morgan fingerprint density at radius 2 is 1.84 bits per heavy atom. The normalized spacial score (nSPS) is 13.9. The fourth-order valence-electron chi connectivity index (χ4n) is 2.51. The molecule has 0 radical (unpaired) electrons. The highest BCUT2D eigenvalue weighted by Crippen LogP contribution is 2.20. The van der Waals surface area contributed by atoms with Crippen molar-refractivity contribution in [3.05, 3.63) is 77.0 Å². The fourth-order valence-corrected chi connectivity index (χ4v) is 2.64. The topological polar surface area (TPSA) is 61.4 Å². The van der Waals surface area contributed by atoms with Gasteiger partial charge in [-0.1, -0.05) is 41.9 Å². The highest BCUT2D eigenvalue weighted by atomic mass is 35.5. The van der Waals surface area contributed by atoms with Crippen molar-refractivity contribution in [1.82, 2.24) is 10.7 Å². The van der Waals surface area contributed by atoms with Crippen LogP contribution in [0, 0.1) is 0 Å². The van der Waals surface area contributed by atoms with E-state index in [1.807, 2.05) is 30.3 Å². The summed E-state index contributed by atoms with van der Waals surface area (Å²) < 4.78 is 0. The number of halogens is 1. The number of benzene rings is 2. The zero-order valence-corrected chi connectivity index (χ0v) is 14.3. The molecular formula is C19H18ClN3O2. The Kier molecular flexibility index (Phi) is 5.36. The van der Waals surface area contributed by atoms with Crippen molar-refractivity contribution < 1.29 is 9.59 Å².